The maximum atomic E-state index is 11.1. The molecule has 2 nitrogen and oxygen atoms in total. The van der Waals surface area contributed by atoms with Crippen LogP contribution in [0, 0.1) is 0 Å². The Hall–Kier alpha value is -1.15. The van der Waals surface area contributed by atoms with Crippen LogP contribution >= 0.6 is 0 Å². The largest absolute Gasteiger partial charge is 0.314 e. The molecule has 1 saturated carbocycles. The van der Waals surface area contributed by atoms with Gasteiger partial charge >= 0.3 is 0 Å². The molecule has 0 heterocycles. The Kier molecular flexibility index (Phi) is 4.11. The van der Waals surface area contributed by atoms with E-state index in [1.807, 2.05) is 6.07 Å². The second-order valence-corrected chi connectivity index (χ2v) is 4.50. The number of carbonyl (C=O) groups is 1. The van der Waals surface area contributed by atoms with Crippen LogP contribution in [0.3, 0.4) is 0 Å². The molecule has 0 spiro atoms. The first-order valence-corrected chi connectivity index (χ1v) is 6.13. The molecule has 0 amide bonds. The third-order valence-corrected chi connectivity index (χ3v) is 3.23. The molecule has 2 heteroatoms. The number of rotatable bonds is 4. The molecule has 1 aromatic rings. The molecule has 0 bridgehead atoms. The summed E-state index contributed by atoms with van der Waals surface area (Å²) in [6.07, 6.45) is 4.65. The third kappa shape index (κ3) is 3.46. The Morgan fingerprint density at radius 3 is 2.50 bits per heavy atom. The van der Waals surface area contributed by atoms with Crippen LogP contribution in [0.2, 0.25) is 0 Å². The van der Waals surface area contributed by atoms with Crippen LogP contribution in [-0.2, 0) is 11.2 Å². The van der Waals surface area contributed by atoms with E-state index >= 15 is 0 Å². The number of hydrogen-bond acceptors (Lipinski definition) is 2. The molecular formula is C14H19NO. The predicted octanol–water partition coefficient (Wildman–Crippen LogP) is 2.33. The lowest BCUT2D eigenvalue weighted by atomic mass is 9.94. The van der Waals surface area contributed by atoms with E-state index in [1.165, 1.54) is 5.56 Å². The summed E-state index contributed by atoms with van der Waals surface area (Å²) >= 11 is 0. The molecule has 1 aromatic carbocycles. The van der Waals surface area contributed by atoms with Crippen LogP contribution in [-0.4, -0.2) is 18.4 Å². The van der Waals surface area contributed by atoms with E-state index in [0.717, 1.165) is 38.6 Å². The standard InChI is InChI=1S/C14H19NO/c16-14-8-6-13(7-9-14)15-11-10-12-4-2-1-3-5-12/h1-5,13,15H,6-11H2. The van der Waals surface area contributed by atoms with Crippen LogP contribution in [0.5, 0.6) is 0 Å². The van der Waals surface area contributed by atoms with Gasteiger partial charge in [-0.25, -0.2) is 0 Å². The van der Waals surface area contributed by atoms with Crippen LogP contribution in [0.1, 0.15) is 31.2 Å². The second-order valence-electron chi connectivity index (χ2n) is 4.50. The fraction of sp³-hybridized carbons (Fsp3) is 0.500. The summed E-state index contributed by atoms with van der Waals surface area (Å²) in [4.78, 5) is 11.1. The topological polar surface area (TPSA) is 29.1 Å². The van der Waals surface area contributed by atoms with Crippen molar-refractivity contribution in [1.29, 1.82) is 0 Å². The van der Waals surface area contributed by atoms with Gasteiger partial charge in [0.05, 0.1) is 0 Å². The lowest BCUT2D eigenvalue weighted by molar-refractivity contribution is -0.120. The molecule has 0 aromatic heterocycles. The van der Waals surface area contributed by atoms with E-state index in [0.29, 0.717) is 11.8 Å². The Balaban J connectivity index is 1.67. The Bertz CT molecular complexity index is 324. The molecule has 0 atom stereocenters. The molecule has 2 rings (SSSR count). The van der Waals surface area contributed by atoms with Crippen LogP contribution in [0.25, 0.3) is 0 Å². The first-order valence-electron chi connectivity index (χ1n) is 6.13. The van der Waals surface area contributed by atoms with Crippen molar-refractivity contribution in [2.24, 2.45) is 0 Å². The SMILES string of the molecule is O=C1CCC(NCCc2ccccc2)CC1. The van der Waals surface area contributed by atoms with Gasteiger partial charge in [0.25, 0.3) is 0 Å². The lowest BCUT2D eigenvalue weighted by Crippen LogP contribution is -2.34. The molecule has 0 aliphatic heterocycles. The quantitative estimate of drug-likeness (QED) is 0.838. The number of nitrogens with one attached hydrogen (secondary N) is 1. The maximum Gasteiger partial charge on any atom is 0.133 e. The van der Waals surface area contributed by atoms with Crippen molar-refractivity contribution in [2.45, 2.75) is 38.1 Å². The Labute approximate surface area is 97.1 Å². The minimum atomic E-state index is 0.432. The van der Waals surface area contributed by atoms with E-state index < -0.39 is 0 Å². The van der Waals surface area contributed by atoms with Gasteiger partial charge in [0.15, 0.2) is 0 Å². The molecule has 0 radical (unpaired) electrons. The average molecular weight is 217 g/mol. The van der Waals surface area contributed by atoms with Crippen molar-refractivity contribution in [3.63, 3.8) is 0 Å². The maximum absolute atomic E-state index is 11.1. The summed E-state index contributed by atoms with van der Waals surface area (Å²) in [5, 5.41) is 3.54. The Morgan fingerprint density at radius 1 is 1.12 bits per heavy atom. The van der Waals surface area contributed by atoms with Gasteiger partial charge < -0.3 is 5.32 Å². The normalized spacial score (nSPS) is 17.6. The minimum Gasteiger partial charge on any atom is -0.314 e. The fourth-order valence-corrected chi connectivity index (χ4v) is 2.21. The van der Waals surface area contributed by atoms with Crippen LogP contribution < -0.4 is 5.32 Å². The van der Waals surface area contributed by atoms with E-state index in [-0.39, 0.29) is 0 Å². The highest BCUT2D eigenvalue weighted by atomic mass is 16.1. The predicted molar refractivity (Wildman–Crippen MR) is 65.4 cm³/mol. The van der Waals surface area contributed by atoms with E-state index in [4.69, 9.17) is 0 Å². The fourth-order valence-electron chi connectivity index (χ4n) is 2.21. The summed E-state index contributed by atoms with van der Waals surface area (Å²) in [6.45, 7) is 1.02. The zero-order valence-electron chi connectivity index (χ0n) is 9.61. The average Bonchev–Trinajstić information content (AvgIpc) is 2.33. The van der Waals surface area contributed by atoms with Crippen molar-refractivity contribution in [3.05, 3.63) is 35.9 Å². The third-order valence-electron chi connectivity index (χ3n) is 3.23. The van der Waals surface area contributed by atoms with Crippen molar-refractivity contribution in [2.75, 3.05) is 6.54 Å². The summed E-state index contributed by atoms with van der Waals surface area (Å²) in [7, 11) is 0. The number of benzene rings is 1. The first kappa shape index (κ1) is 11.3. The highest BCUT2D eigenvalue weighted by Gasteiger charge is 2.17. The van der Waals surface area contributed by atoms with Crippen molar-refractivity contribution in [1.82, 2.24) is 5.32 Å². The van der Waals surface area contributed by atoms with Gasteiger partial charge in [0, 0.05) is 18.9 Å². The first-order chi connectivity index (χ1) is 7.84. The molecule has 1 aliphatic carbocycles. The number of hydrogen-bond donors (Lipinski definition) is 1. The monoisotopic (exact) mass is 217 g/mol. The van der Waals surface area contributed by atoms with Gasteiger partial charge in [-0.05, 0) is 31.4 Å². The second kappa shape index (κ2) is 5.80. The molecule has 86 valence electrons. The summed E-state index contributed by atoms with van der Waals surface area (Å²) in [5.41, 5.74) is 1.38. The van der Waals surface area contributed by atoms with Crippen LogP contribution in [0.4, 0.5) is 0 Å². The zero-order chi connectivity index (χ0) is 11.2. The molecule has 1 fully saturated rings. The minimum absolute atomic E-state index is 0.432. The number of carbonyl (C=O) groups excluding carboxylic acids is 1. The smallest absolute Gasteiger partial charge is 0.133 e. The number of ketones is 1. The molecule has 1 aliphatic rings. The van der Waals surface area contributed by atoms with Gasteiger partial charge in [-0.2, -0.15) is 0 Å². The van der Waals surface area contributed by atoms with Gasteiger partial charge in [0.2, 0.25) is 0 Å². The highest BCUT2D eigenvalue weighted by Crippen LogP contribution is 2.14. The molecule has 1 N–H and O–H groups in total. The number of Topliss-reactive ketones (excluding diaryl/α,β-unsaturated/α-hetero) is 1. The lowest BCUT2D eigenvalue weighted by Gasteiger charge is -2.22. The summed E-state index contributed by atoms with van der Waals surface area (Å²) in [6, 6.07) is 11.1. The summed E-state index contributed by atoms with van der Waals surface area (Å²) in [5.74, 6) is 0.432. The highest BCUT2D eigenvalue weighted by molar-refractivity contribution is 5.79. The van der Waals surface area contributed by atoms with Crippen LogP contribution in [0.15, 0.2) is 30.3 Å². The van der Waals surface area contributed by atoms with Gasteiger partial charge in [-0.15, -0.1) is 0 Å². The van der Waals surface area contributed by atoms with Crippen molar-refractivity contribution in [3.8, 4) is 0 Å². The van der Waals surface area contributed by atoms with Gasteiger partial charge in [-0.1, -0.05) is 30.3 Å². The van der Waals surface area contributed by atoms with Crippen molar-refractivity contribution < 1.29 is 4.79 Å². The van der Waals surface area contributed by atoms with Gasteiger partial charge in [0.1, 0.15) is 5.78 Å². The van der Waals surface area contributed by atoms with E-state index in [9.17, 15) is 4.79 Å². The molecular weight excluding hydrogens is 198 g/mol. The molecule has 0 unspecified atom stereocenters. The van der Waals surface area contributed by atoms with Crippen molar-refractivity contribution >= 4 is 5.78 Å². The molecule has 16 heavy (non-hydrogen) atoms. The zero-order valence-corrected chi connectivity index (χ0v) is 9.61. The molecule has 0 saturated heterocycles. The summed E-state index contributed by atoms with van der Waals surface area (Å²) < 4.78 is 0. The van der Waals surface area contributed by atoms with Gasteiger partial charge in [-0.3, -0.25) is 4.79 Å². The Morgan fingerprint density at radius 2 is 1.81 bits per heavy atom. The van der Waals surface area contributed by atoms with E-state index in [2.05, 4.69) is 29.6 Å². The van der Waals surface area contributed by atoms with E-state index in [1.54, 1.807) is 0 Å².